The van der Waals surface area contributed by atoms with Crippen LogP contribution in [0.1, 0.15) is 30.0 Å². The Bertz CT molecular complexity index is 1070. The second-order valence-electron chi connectivity index (χ2n) is 7.98. The predicted octanol–water partition coefficient (Wildman–Crippen LogP) is 3.54. The number of nitrogens with one attached hydrogen (secondary N) is 1. The smallest absolute Gasteiger partial charge is 0.326 e. The number of fused-ring (bicyclic) bond motifs is 1. The van der Waals surface area contributed by atoms with Gasteiger partial charge in [0.15, 0.2) is 0 Å². The fraction of sp³-hybridized carbons (Fsp3) is 0.318. The Balaban J connectivity index is 1.78. The van der Waals surface area contributed by atoms with Crippen LogP contribution < -0.4 is 5.32 Å². The quantitative estimate of drug-likeness (QED) is 0.571. The first-order valence-electron chi connectivity index (χ1n) is 9.94. The molecule has 2 aliphatic rings. The number of nitro groups is 1. The second kappa shape index (κ2) is 7.82. The molecule has 9 heteroatoms. The number of carboxylic acids is 1. The Morgan fingerprint density at radius 1 is 1.19 bits per heavy atom. The summed E-state index contributed by atoms with van der Waals surface area (Å²) in [5.74, 6) is -2.58. The summed E-state index contributed by atoms with van der Waals surface area (Å²) in [4.78, 5) is 50.0. The third-order valence-electron chi connectivity index (χ3n) is 6.12. The molecule has 0 spiro atoms. The van der Waals surface area contributed by atoms with E-state index in [1.54, 1.807) is 18.2 Å². The first-order valence-corrected chi connectivity index (χ1v) is 9.94. The first-order chi connectivity index (χ1) is 14.8. The lowest BCUT2D eigenvalue weighted by molar-refractivity contribution is -0.385. The summed E-state index contributed by atoms with van der Waals surface area (Å²) in [6.45, 7) is 1.90. The van der Waals surface area contributed by atoms with Gasteiger partial charge in [0.05, 0.1) is 11.0 Å². The topological polar surface area (TPSA) is 130 Å². The van der Waals surface area contributed by atoms with E-state index in [2.05, 4.69) is 5.32 Å². The summed E-state index contributed by atoms with van der Waals surface area (Å²) in [5, 5.41) is 23.9. The minimum atomic E-state index is -1.20. The van der Waals surface area contributed by atoms with E-state index in [1.807, 2.05) is 19.1 Å². The molecule has 31 heavy (non-hydrogen) atoms. The van der Waals surface area contributed by atoms with E-state index < -0.39 is 40.8 Å². The normalized spacial score (nSPS) is 24.7. The van der Waals surface area contributed by atoms with Gasteiger partial charge in [0, 0.05) is 36.1 Å². The number of rotatable bonds is 4. The highest BCUT2D eigenvalue weighted by molar-refractivity contribution is 5.96. The van der Waals surface area contributed by atoms with Crippen molar-refractivity contribution < 1.29 is 24.4 Å². The van der Waals surface area contributed by atoms with E-state index in [9.17, 15) is 29.6 Å². The number of urea groups is 1. The maximum Gasteiger partial charge on any atom is 0.326 e. The number of aliphatic carboxylic acids is 1. The molecular weight excluding hydrogens is 402 g/mol. The summed E-state index contributed by atoms with van der Waals surface area (Å²) >= 11 is 0. The molecule has 1 aliphatic carbocycles. The highest BCUT2D eigenvalue weighted by atomic mass is 16.6. The van der Waals surface area contributed by atoms with Crippen LogP contribution in [0.15, 0.2) is 48.5 Å². The van der Waals surface area contributed by atoms with Crippen molar-refractivity contribution in [2.24, 2.45) is 11.8 Å². The monoisotopic (exact) mass is 423 g/mol. The summed E-state index contributed by atoms with van der Waals surface area (Å²) in [7, 11) is 0. The van der Waals surface area contributed by atoms with Crippen LogP contribution in [0.4, 0.5) is 16.2 Å². The second-order valence-corrected chi connectivity index (χ2v) is 7.98. The molecule has 1 aliphatic heterocycles. The van der Waals surface area contributed by atoms with Crippen molar-refractivity contribution in [3.63, 3.8) is 0 Å². The fourth-order valence-electron chi connectivity index (χ4n) is 4.78. The highest BCUT2D eigenvalue weighted by Gasteiger charge is 2.59. The molecule has 2 N–H and O–H groups in total. The zero-order valence-corrected chi connectivity index (χ0v) is 16.7. The number of amides is 2. The molecule has 1 heterocycles. The summed E-state index contributed by atoms with van der Waals surface area (Å²) in [5.41, 5.74) is 1.68. The van der Waals surface area contributed by atoms with Gasteiger partial charge in [-0.2, -0.15) is 0 Å². The number of carboxylic acid groups (broad SMARTS) is 1. The number of carbonyl (C=O) groups is 3. The third-order valence-corrected chi connectivity index (χ3v) is 6.12. The van der Waals surface area contributed by atoms with E-state index in [-0.39, 0.29) is 17.9 Å². The van der Waals surface area contributed by atoms with Crippen molar-refractivity contribution in [3.05, 3.63) is 69.8 Å². The number of carbonyl (C=O) groups excluding carboxylic acids is 2. The van der Waals surface area contributed by atoms with Gasteiger partial charge in [-0.1, -0.05) is 29.8 Å². The van der Waals surface area contributed by atoms with Crippen molar-refractivity contribution in [3.8, 4) is 0 Å². The molecule has 2 amide bonds. The highest BCUT2D eigenvalue weighted by Crippen LogP contribution is 2.51. The standard InChI is InChI=1S/C22H21N3O6/c1-12-5-7-14(8-6-12)23-22(29)24-19(13-3-2-4-15(11-13)25(30)31)18-16(9-10-17(18)26)20(24)21(27)28/h2-8,11,16,18-20H,9-10H2,1H3,(H,23,29)(H,27,28). The maximum absolute atomic E-state index is 13.3. The van der Waals surface area contributed by atoms with E-state index in [0.29, 0.717) is 17.7 Å². The molecule has 0 aromatic heterocycles. The van der Waals surface area contributed by atoms with Crippen LogP contribution in [0.3, 0.4) is 0 Å². The number of nitro benzene ring substituents is 1. The number of likely N-dealkylation sites (tertiary alicyclic amines) is 1. The van der Waals surface area contributed by atoms with E-state index >= 15 is 0 Å². The molecule has 9 nitrogen and oxygen atoms in total. The fourth-order valence-corrected chi connectivity index (χ4v) is 4.78. The van der Waals surface area contributed by atoms with E-state index in [4.69, 9.17) is 0 Å². The summed E-state index contributed by atoms with van der Waals surface area (Å²) in [6, 6.07) is 9.97. The zero-order valence-electron chi connectivity index (χ0n) is 16.7. The Kier molecular flexibility index (Phi) is 5.18. The average molecular weight is 423 g/mol. The summed E-state index contributed by atoms with van der Waals surface area (Å²) < 4.78 is 0. The van der Waals surface area contributed by atoms with Gasteiger partial charge in [-0.05, 0) is 31.0 Å². The van der Waals surface area contributed by atoms with Crippen molar-refractivity contribution in [1.82, 2.24) is 4.90 Å². The van der Waals surface area contributed by atoms with Gasteiger partial charge in [0.1, 0.15) is 11.8 Å². The third kappa shape index (κ3) is 3.63. The van der Waals surface area contributed by atoms with Crippen LogP contribution in [0.5, 0.6) is 0 Å². The van der Waals surface area contributed by atoms with Crippen LogP contribution >= 0.6 is 0 Å². The lowest BCUT2D eigenvalue weighted by atomic mass is 9.86. The number of hydrogen-bond acceptors (Lipinski definition) is 5. The van der Waals surface area contributed by atoms with Crippen LogP contribution in [0, 0.1) is 28.9 Å². The molecule has 2 fully saturated rings. The molecular formula is C22H21N3O6. The average Bonchev–Trinajstić information content (AvgIpc) is 3.27. The Hall–Kier alpha value is -3.75. The largest absolute Gasteiger partial charge is 0.480 e. The molecule has 2 aromatic rings. The predicted molar refractivity (Wildman–Crippen MR) is 111 cm³/mol. The molecule has 160 valence electrons. The van der Waals surface area contributed by atoms with Crippen molar-refractivity contribution in [2.75, 3.05) is 5.32 Å². The number of aryl methyl sites for hydroxylation is 1. The minimum Gasteiger partial charge on any atom is -0.480 e. The van der Waals surface area contributed by atoms with Crippen LogP contribution in [0.25, 0.3) is 0 Å². The minimum absolute atomic E-state index is 0.126. The lowest BCUT2D eigenvalue weighted by Crippen LogP contribution is -2.46. The molecule has 0 bridgehead atoms. The number of ketones is 1. The summed E-state index contributed by atoms with van der Waals surface area (Å²) in [6.07, 6.45) is 0.595. The van der Waals surface area contributed by atoms with Crippen molar-refractivity contribution in [2.45, 2.75) is 31.8 Å². The molecule has 1 saturated heterocycles. The van der Waals surface area contributed by atoms with Gasteiger partial charge in [-0.15, -0.1) is 0 Å². The molecule has 0 radical (unpaired) electrons. The molecule has 4 atom stereocenters. The zero-order chi connectivity index (χ0) is 22.3. The van der Waals surface area contributed by atoms with Crippen LogP contribution in [-0.2, 0) is 9.59 Å². The van der Waals surface area contributed by atoms with Gasteiger partial charge in [0.2, 0.25) is 0 Å². The lowest BCUT2D eigenvalue weighted by Gasteiger charge is -2.31. The number of anilines is 1. The molecule has 2 aromatic carbocycles. The SMILES string of the molecule is Cc1ccc(NC(=O)N2C(C(=O)O)C3CCC(=O)C3C2c2cccc([N+](=O)[O-])c2)cc1. The van der Waals surface area contributed by atoms with Crippen molar-refractivity contribution >= 4 is 29.2 Å². The van der Waals surface area contributed by atoms with Gasteiger partial charge < -0.3 is 15.3 Å². The number of hydrogen-bond donors (Lipinski definition) is 2. The van der Waals surface area contributed by atoms with Gasteiger partial charge >= 0.3 is 12.0 Å². The maximum atomic E-state index is 13.3. The van der Waals surface area contributed by atoms with E-state index in [1.165, 1.54) is 23.1 Å². The van der Waals surface area contributed by atoms with Crippen LogP contribution in [-0.4, -0.2) is 38.8 Å². The first kappa shape index (κ1) is 20.5. The van der Waals surface area contributed by atoms with Gasteiger partial charge in [0.25, 0.3) is 5.69 Å². The molecule has 4 unspecified atom stereocenters. The number of non-ortho nitro benzene ring substituents is 1. The Labute approximate surface area is 177 Å². The van der Waals surface area contributed by atoms with Crippen molar-refractivity contribution in [1.29, 1.82) is 0 Å². The Morgan fingerprint density at radius 3 is 2.55 bits per heavy atom. The number of benzene rings is 2. The number of nitrogens with zero attached hydrogens (tertiary/aromatic N) is 2. The van der Waals surface area contributed by atoms with Crippen LogP contribution in [0.2, 0.25) is 0 Å². The molecule has 4 rings (SSSR count). The van der Waals surface area contributed by atoms with Gasteiger partial charge in [-0.25, -0.2) is 9.59 Å². The molecule has 1 saturated carbocycles. The van der Waals surface area contributed by atoms with Gasteiger partial charge in [-0.3, -0.25) is 14.9 Å². The van der Waals surface area contributed by atoms with E-state index in [0.717, 1.165) is 5.56 Å². The Morgan fingerprint density at radius 2 is 1.90 bits per heavy atom. The number of Topliss-reactive ketones (excluding diaryl/α,β-unsaturated/α-hetero) is 1.